The highest BCUT2D eigenvalue weighted by molar-refractivity contribution is 7.91. The number of sulfonamides is 1. The number of likely N-dealkylation sites (tertiary alicyclic amines) is 1. The predicted octanol–water partition coefficient (Wildman–Crippen LogP) is 3.19. The highest BCUT2D eigenvalue weighted by atomic mass is 32.2. The number of hydrogen-bond acceptors (Lipinski definition) is 9. The standard InChI is InChI=1S/C34H34N4O8S2/c1-44-29-12-9-24-17-27(29)23-4-2-5-26(16-23)45-21-31(39)35-18-22-7-10-25(11-8-22)46-30-13-14-38(20-28(30)37-34(24)41)32(40)19-36-48(42,43)33-6-3-15-47-33/h2-12,15-17,28,30,36H,13-14,18-21H2,1H3,(H,35,39)(H,37,41)/t28-,30-/m1/s1. The topological polar surface area (TPSA) is 152 Å². The Bertz CT molecular complexity index is 1900. The van der Waals surface area contributed by atoms with Crippen molar-refractivity contribution in [3.05, 3.63) is 95.4 Å². The Hall–Kier alpha value is -4.92. The highest BCUT2D eigenvalue weighted by Crippen LogP contribution is 2.33. The summed E-state index contributed by atoms with van der Waals surface area (Å²) in [6, 6.07) is 21.9. The minimum absolute atomic E-state index is 0.0997. The van der Waals surface area contributed by atoms with Gasteiger partial charge in [-0.1, -0.05) is 30.3 Å². The summed E-state index contributed by atoms with van der Waals surface area (Å²) in [7, 11) is -2.29. The number of benzene rings is 3. The minimum atomic E-state index is -3.83. The SMILES string of the molecule is COc1ccc2cc1-c1cccc(c1)OCC(=O)NCc1ccc(cc1)O[C@@H]1CCN(C(=O)CNS(=O)(=O)c3cccs3)C[C@H]1NC2=O. The van der Waals surface area contributed by atoms with Crippen LogP contribution >= 0.6 is 11.3 Å². The molecule has 0 unspecified atom stereocenters. The second kappa shape index (κ2) is 14.5. The van der Waals surface area contributed by atoms with Crippen LogP contribution in [-0.4, -0.2) is 76.5 Å². The van der Waals surface area contributed by atoms with Gasteiger partial charge >= 0.3 is 0 Å². The number of rotatable bonds is 5. The van der Waals surface area contributed by atoms with Crippen LogP contribution in [0.1, 0.15) is 22.3 Å². The summed E-state index contributed by atoms with van der Waals surface area (Å²) >= 11 is 1.06. The maximum Gasteiger partial charge on any atom is 0.258 e. The van der Waals surface area contributed by atoms with E-state index in [-0.39, 0.29) is 29.2 Å². The van der Waals surface area contributed by atoms with Crippen molar-refractivity contribution in [1.29, 1.82) is 0 Å². The molecule has 12 nitrogen and oxygen atoms in total. The number of hydrogen-bond donors (Lipinski definition) is 3. The van der Waals surface area contributed by atoms with Gasteiger partial charge in [0.25, 0.3) is 21.8 Å². The molecule has 1 fully saturated rings. The normalized spacial score (nSPS) is 18.4. The summed E-state index contributed by atoms with van der Waals surface area (Å²) in [5.74, 6) is 0.472. The Labute approximate surface area is 282 Å². The van der Waals surface area contributed by atoms with E-state index in [0.29, 0.717) is 53.4 Å². The molecule has 0 radical (unpaired) electrons. The van der Waals surface area contributed by atoms with Gasteiger partial charge in [0.05, 0.1) is 19.7 Å². The number of amides is 3. The van der Waals surface area contributed by atoms with Gasteiger partial charge in [-0.05, 0) is 65.0 Å². The molecule has 2 atom stereocenters. The van der Waals surface area contributed by atoms with Crippen molar-refractivity contribution in [3.63, 3.8) is 0 Å². The zero-order valence-corrected chi connectivity index (χ0v) is 27.6. The van der Waals surface area contributed by atoms with E-state index < -0.39 is 34.6 Å². The van der Waals surface area contributed by atoms with Gasteiger partial charge in [-0.2, -0.15) is 0 Å². The van der Waals surface area contributed by atoms with Crippen LogP contribution in [0.3, 0.4) is 0 Å². The number of carbonyl (C=O) groups is 3. The molecule has 4 heterocycles. The van der Waals surface area contributed by atoms with Crippen LogP contribution in [0.4, 0.5) is 0 Å². The number of nitrogens with one attached hydrogen (secondary N) is 3. The van der Waals surface area contributed by atoms with E-state index in [0.717, 1.165) is 16.9 Å². The Kier molecular flexibility index (Phi) is 9.94. The summed E-state index contributed by atoms with van der Waals surface area (Å²) in [6.45, 7) is 0.0958. The lowest BCUT2D eigenvalue weighted by atomic mass is 9.99. The van der Waals surface area contributed by atoms with Crippen LogP contribution in [0.2, 0.25) is 0 Å². The molecular formula is C34H34N4O8S2. The van der Waals surface area contributed by atoms with Gasteiger partial charge in [0.1, 0.15) is 27.6 Å². The Balaban J connectivity index is 1.28. The first-order valence-electron chi connectivity index (χ1n) is 15.2. The zero-order valence-electron chi connectivity index (χ0n) is 26.0. The molecule has 0 aliphatic carbocycles. The van der Waals surface area contributed by atoms with E-state index in [4.69, 9.17) is 14.2 Å². The van der Waals surface area contributed by atoms with Crippen molar-refractivity contribution in [2.24, 2.45) is 0 Å². The van der Waals surface area contributed by atoms with Gasteiger partial charge in [-0.3, -0.25) is 14.4 Å². The number of methoxy groups -OCH3 is 1. The minimum Gasteiger partial charge on any atom is -0.496 e. The summed E-state index contributed by atoms with van der Waals surface area (Å²) in [6.07, 6.45) is -0.115. The molecule has 14 heteroatoms. The van der Waals surface area contributed by atoms with E-state index >= 15 is 0 Å². The number of fused-ring (bicyclic) bond motifs is 7. The fraction of sp³-hybridized carbons (Fsp3) is 0.265. The molecule has 1 aromatic heterocycles. The van der Waals surface area contributed by atoms with Crippen molar-refractivity contribution in [2.75, 3.05) is 33.4 Å². The van der Waals surface area contributed by atoms with E-state index in [1.807, 2.05) is 18.2 Å². The fourth-order valence-corrected chi connectivity index (χ4v) is 7.55. The van der Waals surface area contributed by atoms with Crippen LogP contribution in [0.15, 0.2) is 88.5 Å². The Morgan fingerprint density at radius 3 is 2.62 bits per heavy atom. The Morgan fingerprint density at radius 2 is 1.85 bits per heavy atom. The summed E-state index contributed by atoms with van der Waals surface area (Å²) in [5, 5.41) is 7.56. The molecule has 0 spiro atoms. The summed E-state index contributed by atoms with van der Waals surface area (Å²) < 4.78 is 45.4. The smallest absolute Gasteiger partial charge is 0.258 e. The second-order valence-corrected chi connectivity index (χ2v) is 14.2. The Morgan fingerprint density at radius 1 is 1.02 bits per heavy atom. The highest BCUT2D eigenvalue weighted by Gasteiger charge is 2.35. The van der Waals surface area contributed by atoms with Crippen molar-refractivity contribution >= 4 is 39.1 Å². The maximum atomic E-state index is 13.8. The first kappa shape index (κ1) is 33.0. The van der Waals surface area contributed by atoms with Crippen LogP contribution in [0, 0.1) is 0 Å². The lowest BCUT2D eigenvalue weighted by Crippen LogP contribution is -2.59. The number of carbonyl (C=O) groups excluding carboxylic acids is 3. The molecule has 3 aromatic carbocycles. The maximum absolute atomic E-state index is 13.8. The van der Waals surface area contributed by atoms with E-state index in [9.17, 15) is 22.8 Å². The largest absolute Gasteiger partial charge is 0.496 e. The van der Waals surface area contributed by atoms with Crippen LogP contribution in [0.5, 0.6) is 17.2 Å². The number of thiophene rings is 1. The third kappa shape index (κ3) is 7.78. The molecule has 250 valence electrons. The number of ether oxygens (including phenoxy) is 3. The molecule has 0 saturated carbocycles. The molecule has 3 amide bonds. The van der Waals surface area contributed by atoms with Crippen LogP contribution < -0.4 is 29.6 Å². The average Bonchev–Trinajstić information content (AvgIpc) is 3.66. The van der Waals surface area contributed by atoms with Gasteiger partial charge in [0, 0.05) is 37.2 Å². The second-order valence-electron chi connectivity index (χ2n) is 11.3. The molecule has 48 heavy (non-hydrogen) atoms. The molecule has 1 saturated heterocycles. The molecule has 3 aliphatic heterocycles. The van der Waals surface area contributed by atoms with Gasteiger partial charge in [-0.25, -0.2) is 13.1 Å². The molecule has 3 N–H and O–H groups in total. The van der Waals surface area contributed by atoms with Crippen molar-refractivity contribution in [3.8, 4) is 28.4 Å². The zero-order chi connectivity index (χ0) is 33.7. The van der Waals surface area contributed by atoms with Crippen LogP contribution in [-0.2, 0) is 26.2 Å². The third-order valence-corrected chi connectivity index (χ3v) is 10.9. The molecule has 4 aromatic rings. The first-order valence-corrected chi connectivity index (χ1v) is 17.6. The lowest BCUT2D eigenvalue weighted by molar-refractivity contribution is -0.132. The predicted molar refractivity (Wildman–Crippen MR) is 179 cm³/mol. The molecular weight excluding hydrogens is 657 g/mol. The fourth-order valence-electron chi connectivity index (χ4n) is 5.53. The number of piperidine rings is 1. The molecule has 7 rings (SSSR count). The third-order valence-electron chi connectivity index (χ3n) is 8.07. The van der Waals surface area contributed by atoms with Gasteiger partial charge < -0.3 is 29.7 Å². The van der Waals surface area contributed by atoms with E-state index in [2.05, 4.69) is 15.4 Å². The lowest BCUT2D eigenvalue weighted by Gasteiger charge is -2.39. The average molecular weight is 691 g/mol. The monoisotopic (exact) mass is 690 g/mol. The quantitative estimate of drug-likeness (QED) is 0.289. The summed E-state index contributed by atoms with van der Waals surface area (Å²) in [4.78, 5) is 41.1. The van der Waals surface area contributed by atoms with Crippen molar-refractivity contribution < 1.29 is 37.0 Å². The van der Waals surface area contributed by atoms with Crippen molar-refractivity contribution in [2.45, 2.75) is 29.3 Å². The van der Waals surface area contributed by atoms with Gasteiger partial charge in [0.2, 0.25) is 5.91 Å². The molecule has 6 bridgehead atoms. The van der Waals surface area contributed by atoms with Gasteiger partial charge in [0.15, 0.2) is 6.61 Å². The summed E-state index contributed by atoms with van der Waals surface area (Å²) in [5.41, 5.74) is 2.56. The van der Waals surface area contributed by atoms with Crippen LogP contribution in [0.25, 0.3) is 11.1 Å². The van der Waals surface area contributed by atoms with E-state index in [1.165, 1.54) is 18.1 Å². The first-order chi connectivity index (χ1) is 23.2. The van der Waals surface area contributed by atoms with Gasteiger partial charge in [-0.15, -0.1) is 11.3 Å². The molecule has 3 aliphatic rings. The number of nitrogens with zero attached hydrogens (tertiary/aromatic N) is 1. The van der Waals surface area contributed by atoms with Crippen molar-refractivity contribution in [1.82, 2.24) is 20.3 Å². The van der Waals surface area contributed by atoms with E-state index in [1.54, 1.807) is 60.0 Å².